The van der Waals surface area contributed by atoms with Crippen LogP contribution >= 0.6 is 0 Å². The van der Waals surface area contributed by atoms with Crippen LogP contribution in [0.3, 0.4) is 0 Å². The Morgan fingerprint density at radius 1 is 0.833 bits per heavy atom. The van der Waals surface area contributed by atoms with Gasteiger partial charge in [-0.2, -0.15) is 0 Å². The van der Waals surface area contributed by atoms with E-state index in [0.29, 0.717) is 0 Å². The molecule has 0 radical (unpaired) electrons. The lowest BCUT2D eigenvalue weighted by Crippen LogP contribution is -1.90. The first-order chi connectivity index (χ1) is 11.7. The van der Waals surface area contributed by atoms with Crippen molar-refractivity contribution in [2.45, 2.75) is 33.1 Å². The zero-order chi connectivity index (χ0) is 16.5. The van der Waals surface area contributed by atoms with Gasteiger partial charge in [0.15, 0.2) is 0 Å². The quantitative estimate of drug-likeness (QED) is 0.399. The lowest BCUT2D eigenvalue weighted by atomic mass is 9.99. The highest BCUT2D eigenvalue weighted by Crippen LogP contribution is 2.32. The lowest BCUT2D eigenvalue weighted by molar-refractivity contribution is 0.632. The van der Waals surface area contributed by atoms with Crippen LogP contribution in [0.25, 0.3) is 33.1 Å². The molecule has 1 heteroatoms. The van der Waals surface area contributed by atoms with Crippen LogP contribution in [0.1, 0.15) is 30.9 Å². The van der Waals surface area contributed by atoms with Crippen molar-refractivity contribution in [3.8, 4) is 11.3 Å². The van der Waals surface area contributed by atoms with Crippen molar-refractivity contribution in [3.63, 3.8) is 0 Å². The number of hydrogen-bond donors (Lipinski definition) is 0. The second-order valence-electron chi connectivity index (χ2n) is 6.59. The van der Waals surface area contributed by atoms with E-state index in [0.717, 1.165) is 17.8 Å². The van der Waals surface area contributed by atoms with Gasteiger partial charge in [0.25, 0.3) is 0 Å². The van der Waals surface area contributed by atoms with Gasteiger partial charge in [-0.15, -0.1) is 0 Å². The SMILES string of the molecule is CCCCc1cc(-c2cc3cc4ccccc4cc3o2)ccc1C. The van der Waals surface area contributed by atoms with Crippen LogP contribution in [0.2, 0.25) is 0 Å². The van der Waals surface area contributed by atoms with Crippen molar-refractivity contribution in [1.82, 2.24) is 0 Å². The number of hydrogen-bond acceptors (Lipinski definition) is 1. The summed E-state index contributed by atoms with van der Waals surface area (Å²) in [5, 5.41) is 3.64. The summed E-state index contributed by atoms with van der Waals surface area (Å²) in [7, 11) is 0. The largest absolute Gasteiger partial charge is 0.456 e. The predicted molar refractivity (Wildman–Crippen MR) is 103 cm³/mol. The maximum Gasteiger partial charge on any atom is 0.135 e. The predicted octanol–water partition coefficient (Wildman–Crippen LogP) is 6.90. The molecule has 4 aromatic rings. The summed E-state index contributed by atoms with van der Waals surface area (Å²) in [5.74, 6) is 0.957. The molecule has 0 atom stereocenters. The molecule has 0 aliphatic rings. The molecule has 0 bridgehead atoms. The molecule has 1 heterocycles. The van der Waals surface area contributed by atoms with Gasteiger partial charge in [0.1, 0.15) is 11.3 Å². The number of furan rings is 1. The van der Waals surface area contributed by atoms with Crippen LogP contribution < -0.4 is 0 Å². The summed E-state index contributed by atoms with van der Waals surface area (Å²) in [6, 6.07) is 21.6. The van der Waals surface area contributed by atoms with Crippen LogP contribution in [-0.4, -0.2) is 0 Å². The minimum absolute atomic E-state index is 0.957. The third-order valence-corrected chi connectivity index (χ3v) is 4.82. The highest BCUT2D eigenvalue weighted by molar-refractivity contribution is 5.97. The molecule has 24 heavy (non-hydrogen) atoms. The number of fused-ring (bicyclic) bond motifs is 2. The smallest absolute Gasteiger partial charge is 0.135 e. The second-order valence-corrected chi connectivity index (χ2v) is 6.59. The first-order valence-corrected chi connectivity index (χ1v) is 8.77. The van der Waals surface area contributed by atoms with Gasteiger partial charge in [-0.25, -0.2) is 0 Å². The fourth-order valence-corrected chi connectivity index (χ4v) is 3.33. The summed E-state index contributed by atoms with van der Waals surface area (Å²) in [4.78, 5) is 0. The number of benzene rings is 3. The molecule has 120 valence electrons. The van der Waals surface area contributed by atoms with Gasteiger partial charge in [-0.3, -0.25) is 0 Å². The maximum absolute atomic E-state index is 6.16. The van der Waals surface area contributed by atoms with Gasteiger partial charge in [0.2, 0.25) is 0 Å². The Bertz CT molecular complexity index is 955. The van der Waals surface area contributed by atoms with Crippen molar-refractivity contribution in [2.75, 3.05) is 0 Å². The second kappa shape index (κ2) is 6.16. The van der Waals surface area contributed by atoms with Crippen molar-refractivity contribution < 1.29 is 4.42 Å². The number of rotatable bonds is 4. The molecule has 0 saturated carbocycles. The monoisotopic (exact) mass is 314 g/mol. The molecule has 0 fully saturated rings. The van der Waals surface area contributed by atoms with Gasteiger partial charge in [-0.1, -0.05) is 49.7 Å². The van der Waals surface area contributed by atoms with E-state index in [-0.39, 0.29) is 0 Å². The van der Waals surface area contributed by atoms with E-state index in [1.165, 1.54) is 45.7 Å². The molecule has 4 rings (SSSR count). The first-order valence-electron chi connectivity index (χ1n) is 8.77. The molecule has 1 nitrogen and oxygen atoms in total. The van der Waals surface area contributed by atoms with Gasteiger partial charge in [0, 0.05) is 10.9 Å². The first kappa shape index (κ1) is 15.0. The van der Waals surface area contributed by atoms with Crippen molar-refractivity contribution in [2.24, 2.45) is 0 Å². The molecular formula is C23H22O. The van der Waals surface area contributed by atoms with Crippen LogP contribution in [-0.2, 0) is 6.42 Å². The Balaban J connectivity index is 1.79. The van der Waals surface area contributed by atoms with Gasteiger partial charge < -0.3 is 4.42 Å². The molecule has 0 aliphatic heterocycles. The maximum atomic E-state index is 6.16. The van der Waals surface area contributed by atoms with Crippen LogP contribution in [0.5, 0.6) is 0 Å². The van der Waals surface area contributed by atoms with E-state index in [9.17, 15) is 0 Å². The molecule has 0 saturated heterocycles. The molecule has 0 N–H and O–H groups in total. The summed E-state index contributed by atoms with van der Waals surface area (Å²) in [6.45, 7) is 4.43. The normalized spacial score (nSPS) is 11.4. The minimum Gasteiger partial charge on any atom is -0.456 e. The third kappa shape index (κ3) is 2.71. The van der Waals surface area contributed by atoms with Crippen molar-refractivity contribution in [3.05, 3.63) is 71.8 Å². The highest BCUT2D eigenvalue weighted by atomic mass is 16.3. The Hall–Kier alpha value is -2.54. The zero-order valence-corrected chi connectivity index (χ0v) is 14.3. The van der Waals surface area contributed by atoms with E-state index in [1.54, 1.807) is 0 Å². The number of unbranched alkanes of at least 4 members (excludes halogenated alkanes) is 1. The summed E-state index contributed by atoms with van der Waals surface area (Å²) < 4.78 is 6.16. The molecule has 0 amide bonds. The average Bonchev–Trinajstić information content (AvgIpc) is 3.01. The van der Waals surface area contributed by atoms with Crippen LogP contribution in [0.15, 0.2) is 65.1 Å². The van der Waals surface area contributed by atoms with Crippen molar-refractivity contribution >= 4 is 21.7 Å². The molecule has 0 unspecified atom stereocenters. The fraction of sp³-hybridized carbons (Fsp3) is 0.217. The van der Waals surface area contributed by atoms with E-state index in [2.05, 4.69) is 74.5 Å². The van der Waals surface area contributed by atoms with Crippen LogP contribution in [0.4, 0.5) is 0 Å². The molecular weight excluding hydrogens is 292 g/mol. The Labute approximate surface area is 142 Å². The molecule has 3 aromatic carbocycles. The zero-order valence-electron chi connectivity index (χ0n) is 14.3. The Morgan fingerprint density at radius 2 is 1.62 bits per heavy atom. The molecule has 1 aromatic heterocycles. The Kier molecular flexibility index (Phi) is 3.86. The molecule has 0 aliphatic carbocycles. The third-order valence-electron chi connectivity index (χ3n) is 4.82. The van der Waals surface area contributed by atoms with E-state index in [4.69, 9.17) is 4.42 Å². The highest BCUT2D eigenvalue weighted by Gasteiger charge is 2.09. The van der Waals surface area contributed by atoms with Gasteiger partial charge in [-0.05, 0) is 65.9 Å². The standard InChI is InChI=1S/C23H22O/c1-3-4-7-17-12-20(11-10-16(17)2)22-15-21-13-18-8-5-6-9-19(18)14-23(21)24-22/h5-6,8-15H,3-4,7H2,1-2H3. The topological polar surface area (TPSA) is 13.1 Å². The van der Waals surface area contributed by atoms with E-state index >= 15 is 0 Å². The Morgan fingerprint density at radius 3 is 2.42 bits per heavy atom. The lowest BCUT2D eigenvalue weighted by Gasteiger charge is -2.07. The number of aryl methyl sites for hydroxylation is 2. The van der Waals surface area contributed by atoms with Gasteiger partial charge >= 0.3 is 0 Å². The van der Waals surface area contributed by atoms with E-state index in [1.807, 2.05) is 0 Å². The van der Waals surface area contributed by atoms with Crippen molar-refractivity contribution in [1.29, 1.82) is 0 Å². The molecule has 0 spiro atoms. The van der Waals surface area contributed by atoms with Crippen LogP contribution in [0, 0.1) is 6.92 Å². The summed E-state index contributed by atoms with van der Waals surface area (Å²) in [6.07, 6.45) is 3.59. The fourth-order valence-electron chi connectivity index (χ4n) is 3.33. The van der Waals surface area contributed by atoms with E-state index < -0.39 is 0 Å². The summed E-state index contributed by atoms with van der Waals surface area (Å²) in [5.41, 5.74) is 4.93. The average molecular weight is 314 g/mol. The summed E-state index contributed by atoms with van der Waals surface area (Å²) >= 11 is 0. The minimum atomic E-state index is 0.957. The van der Waals surface area contributed by atoms with Gasteiger partial charge in [0.05, 0.1) is 0 Å².